The highest BCUT2D eigenvalue weighted by Gasteiger charge is 2.19. The summed E-state index contributed by atoms with van der Waals surface area (Å²) >= 11 is 0. The topological polar surface area (TPSA) is 119 Å². The molecule has 2 aromatic heterocycles. The van der Waals surface area contributed by atoms with Crippen molar-refractivity contribution in [3.8, 4) is 17.5 Å². The molecule has 5 rings (SSSR count). The fourth-order valence-electron chi connectivity index (χ4n) is 4.15. The zero-order valence-electron chi connectivity index (χ0n) is 18.8. The van der Waals surface area contributed by atoms with Gasteiger partial charge in [0.05, 0.1) is 11.9 Å². The van der Waals surface area contributed by atoms with Crippen LogP contribution in [0.15, 0.2) is 59.1 Å². The third kappa shape index (κ3) is 4.73. The van der Waals surface area contributed by atoms with Crippen LogP contribution in [0.1, 0.15) is 29.7 Å². The van der Waals surface area contributed by atoms with Crippen molar-refractivity contribution in [1.82, 2.24) is 9.78 Å². The predicted molar refractivity (Wildman–Crippen MR) is 126 cm³/mol. The van der Waals surface area contributed by atoms with Crippen molar-refractivity contribution in [1.29, 1.82) is 5.26 Å². The first kappa shape index (κ1) is 22.2. The monoisotopic (exact) mass is 470 g/mol. The van der Waals surface area contributed by atoms with Crippen LogP contribution in [-0.4, -0.2) is 34.9 Å². The summed E-state index contributed by atoms with van der Waals surface area (Å²) in [5.41, 5.74) is 2.89. The second kappa shape index (κ2) is 9.73. The van der Waals surface area contributed by atoms with E-state index in [-0.39, 0.29) is 18.0 Å². The van der Waals surface area contributed by atoms with Crippen LogP contribution in [0, 0.1) is 11.3 Å². The molecule has 0 bridgehead atoms. The maximum absolute atomic E-state index is 12.4. The first-order chi connectivity index (χ1) is 17.1. The first-order valence-corrected chi connectivity index (χ1v) is 11.3. The first-order valence-electron chi connectivity index (χ1n) is 11.3. The zero-order chi connectivity index (χ0) is 24.2. The van der Waals surface area contributed by atoms with E-state index in [9.17, 15) is 14.9 Å². The highest BCUT2D eigenvalue weighted by molar-refractivity contribution is 5.93. The molecule has 2 aromatic carbocycles. The smallest absolute Gasteiger partial charge is 0.344 e. The lowest BCUT2D eigenvalue weighted by atomic mass is 9.96. The highest BCUT2D eigenvalue weighted by atomic mass is 16.6. The van der Waals surface area contributed by atoms with E-state index in [2.05, 4.69) is 10.4 Å². The van der Waals surface area contributed by atoms with Gasteiger partial charge in [0.25, 0.3) is 5.91 Å². The molecule has 0 saturated heterocycles. The third-order valence-electron chi connectivity index (χ3n) is 5.80. The van der Waals surface area contributed by atoms with E-state index < -0.39 is 18.5 Å². The summed E-state index contributed by atoms with van der Waals surface area (Å²) in [6.45, 7) is -0.870. The average Bonchev–Trinajstić information content (AvgIpc) is 3.47. The van der Waals surface area contributed by atoms with Crippen LogP contribution >= 0.6 is 0 Å². The molecule has 0 unspecified atom stereocenters. The van der Waals surface area contributed by atoms with Crippen molar-refractivity contribution < 1.29 is 23.5 Å². The largest absolute Gasteiger partial charge is 0.482 e. The molecule has 1 N–H and O–H groups in total. The number of benzene rings is 2. The molecule has 0 fully saturated rings. The molecular weight excluding hydrogens is 448 g/mol. The van der Waals surface area contributed by atoms with Gasteiger partial charge >= 0.3 is 5.97 Å². The Kier molecular flexibility index (Phi) is 6.18. The molecule has 4 aromatic rings. The Bertz CT molecular complexity index is 1430. The summed E-state index contributed by atoms with van der Waals surface area (Å²) in [6, 6.07) is 16.5. The second-order valence-corrected chi connectivity index (χ2v) is 8.13. The molecule has 0 atom stereocenters. The lowest BCUT2D eigenvalue weighted by Crippen LogP contribution is -2.25. The fourth-order valence-corrected chi connectivity index (χ4v) is 4.15. The third-order valence-corrected chi connectivity index (χ3v) is 5.80. The number of amides is 1. The molecule has 9 heteroatoms. The van der Waals surface area contributed by atoms with Crippen LogP contribution in [0.2, 0.25) is 0 Å². The Hall–Kier alpha value is -4.58. The van der Waals surface area contributed by atoms with Gasteiger partial charge in [0.15, 0.2) is 19.0 Å². The van der Waals surface area contributed by atoms with E-state index in [1.807, 2.05) is 36.4 Å². The number of anilines is 1. The van der Waals surface area contributed by atoms with Crippen LogP contribution in [0.4, 0.5) is 5.82 Å². The second-order valence-electron chi connectivity index (χ2n) is 8.13. The number of ether oxygens (including phenoxy) is 2. The van der Waals surface area contributed by atoms with Gasteiger partial charge in [-0.15, -0.1) is 0 Å². The number of esters is 1. The molecule has 0 spiro atoms. The molecule has 176 valence electrons. The van der Waals surface area contributed by atoms with Crippen LogP contribution in [0.5, 0.6) is 5.75 Å². The number of hydrogen-bond acceptors (Lipinski definition) is 7. The van der Waals surface area contributed by atoms with Gasteiger partial charge in [0, 0.05) is 17.4 Å². The van der Waals surface area contributed by atoms with Crippen LogP contribution in [0.25, 0.3) is 16.7 Å². The van der Waals surface area contributed by atoms with E-state index in [0.29, 0.717) is 11.4 Å². The minimum Gasteiger partial charge on any atom is -0.482 e. The molecule has 0 saturated carbocycles. The molecule has 9 nitrogen and oxygen atoms in total. The van der Waals surface area contributed by atoms with Crippen molar-refractivity contribution >= 4 is 28.7 Å². The fraction of sp³-hybridized carbons (Fsp3) is 0.231. The average molecular weight is 470 g/mol. The Balaban J connectivity index is 1.17. The van der Waals surface area contributed by atoms with E-state index in [1.165, 1.54) is 16.4 Å². The Morgan fingerprint density at radius 3 is 2.77 bits per heavy atom. The SMILES string of the molecule is N#Cc1cnn(-c2ccccc2)c1NC(=O)COC(=O)COc1ccc2oc3c(c2c1)CCCC3. The van der Waals surface area contributed by atoms with Crippen molar-refractivity contribution in [2.75, 3.05) is 18.5 Å². The summed E-state index contributed by atoms with van der Waals surface area (Å²) in [5.74, 6) is 0.471. The lowest BCUT2D eigenvalue weighted by molar-refractivity contribution is -0.149. The van der Waals surface area contributed by atoms with E-state index in [1.54, 1.807) is 18.2 Å². The molecule has 0 radical (unpaired) electrons. The standard InChI is InChI=1S/C26H22N4O5/c27-13-17-14-28-30(18-6-2-1-3-7-18)26(17)29-24(31)15-34-25(32)16-33-19-10-11-23-21(12-19)20-8-4-5-9-22(20)35-23/h1-3,6-7,10-12,14H,4-5,8-9,15-16H2,(H,29,31). The lowest BCUT2D eigenvalue weighted by Gasteiger charge is -2.10. The van der Waals surface area contributed by atoms with Gasteiger partial charge in [-0.3, -0.25) is 4.79 Å². The highest BCUT2D eigenvalue weighted by Crippen LogP contribution is 2.34. The van der Waals surface area contributed by atoms with Crippen LogP contribution in [0.3, 0.4) is 0 Å². The van der Waals surface area contributed by atoms with Crippen molar-refractivity contribution in [3.05, 3.63) is 71.6 Å². The minimum absolute atomic E-state index is 0.189. The van der Waals surface area contributed by atoms with Crippen molar-refractivity contribution in [2.24, 2.45) is 0 Å². The van der Waals surface area contributed by atoms with Gasteiger partial charge in [-0.2, -0.15) is 10.4 Å². The van der Waals surface area contributed by atoms with Gasteiger partial charge in [0.1, 0.15) is 28.7 Å². The number of nitrogens with zero attached hydrogens (tertiary/aromatic N) is 3. The summed E-state index contributed by atoms with van der Waals surface area (Å²) < 4.78 is 18.0. The minimum atomic E-state index is -0.688. The number of carbonyl (C=O) groups is 2. The summed E-state index contributed by atoms with van der Waals surface area (Å²) in [4.78, 5) is 24.6. The van der Waals surface area contributed by atoms with Gasteiger partial charge in [-0.25, -0.2) is 9.48 Å². The normalized spacial score (nSPS) is 12.5. The number of aryl methyl sites for hydroxylation is 2. The van der Waals surface area contributed by atoms with Crippen LogP contribution < -0.4 is 10.1 Å². The zero-order valence-corrected chi connectivity index (χ0v) is 18.8. The molecule has 1 amide bonds. The van der Waals surface area contributed by atoms with E-state index in [4.69, 9.17) is 13.9 Å². The number of para-hydroxylation sites is 1. The molecule has 1 aliphatic carbocycles. The van der Waals surface area contributed by atoms with Gasteiger partial charge in [-0.1, -0.05) is 18.2 Å². The van der Waals surface area contributed by atoms with E-state index >= 15 is 0 Å². The number of fused-ring (bicyclic) bond motifs is 3. The Morgan fingerprint density at radius 2 is 1.94 bits per heavy atom. The number of hydrogen-bond donors (Lipinski definition) is 1. The molecular formula is C26H22N4O5. The number of carbonyl (C=O) groups excluding carboxylic acids is 2. The Morgan fingerprint density at radius 1 is 1.11 bits per heavy atom. The number of nitriles is 1. The van der Waals surface area contributed by atoms with E-state index in [0.717, 1.165) is 42.4 Å². The molecule has 0 aliphatic heterocycles. The Labute approximate surface area is 200 Å². The van der Waals surface area contributed by atoms with Crippen molar-refractivity contribution in [3.63, 3.8) is 0 Å². The summed E-state index contributed by atoms with van der Waals surface area (Å²) in [5, 5.41) is 17.1. The summed E-state index contributed by atoms with van der Waals surface area (Å²) in [7, 11) is 0. The van der Waals surface area contributed by atoms with Crippen LogP contribution in [-0.2, 0) is 27.2 Å². The quantitative estimate of drug-likeness (QED) is 0.406. The maximum atomic E-state index is 12.4. The maximum Gasteiger partial charge on any atom is 0.344 e. The van der Waals surface area contributed by atoms with Gasteiger partial charge in [-0.05, 0) is 49.6 Å². The summed E-state index contributed by atoms with van der Waals surface area (Å²) in [6.07, 6.45) is 5.53. The molecule has 1 aliphatic rings. The van der Waals surface area contributed by atoms with Gasteiger partial charge in [0.2, 0.25) is 0 Å². The predicted octanol–water partition coefficient (Wildman–Crippen LogP) is 3.93. The number of nitrogens with one attached hydrogen (secondary N) is 1. The van der Waals surface area contributed by atoms with Crippen molar-refractivity contribution in [2.45, 2.75) is 25.7 Å². The number of rotatable bonds is 7. The van der Waals surface area contributed by atoms with Gasteiger partial charge < -0.3 is 19.2 Å². The number of furan rings is 1. The molecule has 2 heterocycles. The molecule has 35 heavy (non-hydrogen) atoms. The number of aromatic nitrogens is 2.